The first-order chi connectivity index (χ1) is 6.77. The van der Waals surface area contributed by atoms with E-state index in [4.69, 9.17) is 0 Å². The van der Waals surface area contributed by atoms with Crippen molar-refractivity contribution in [3.63, 3.8) is 0 Å². The molecule has 0 aliphatic heterocycles. The molecular formula is C12H16OS. The number of Topliss-reactive ketones (excluding diaryl/α,β-unsaturated/α-hetero) is 1. The van der Waals surface area contributed by atoms with Gasteiger partial charge in [-0.25, -0.2) is 0 Å². The van der Waals surface area contributed by atoms with Crippen molar-refractivity contribution in [1.82, 2.24) is 0 Å². The Morgan fingerprint density at radius 3 is 2.43 bits per heavy atom. The lowest BCUT2D eigenvalue weighted by Crippen LogP contribution is -1.99. The average Bonchev–Trinajstić information content (AvgIpc) is 2.20. The SMILES string of the molecule is CCCc1ccc(C(=O)CCS)cc1. The molecule has 1 aromatic carbocycles. The van der Waals surface area contributed by atoms with Crippen LogP contribution in [-0.4, -0.2) is 11.5 Å². The first kappa shape index (κ1) is 11.3. The van der Waals surface area contributed by atoms with Gasteiger partial charge in [-0.1, -0.05) is 37.6 Å². The van der Waals surface area contributed by atoms with Gasteiger partial charge in [0.05, 0.1) is 0 Å². The Morgan fingerprint density at radius 2 is 1.93 bits per heavy atom. The summed E-state index contributed by atoms with van der Waals surface area (Å²) in [6, 6.07) is 7.90. The van der Waals surface area contributed by atoms with Crippen molar-refractivity contribution >= 4 is 18.4 Å². The van der Waals surface area contributed by atoms with Crippen molar-refractivity contribution in [3.05, 3.63) is 35.4 Å². The Balaban J connectivity index is 2.67. The van der Waals surface area contributed by atoms with Crippen molar-refractivity contribution < 1.29 is 4.79 Å². The van der Waals surface area contributed by atoms with E-state index in [0.29, 0.717) is 12.2 Å². The van der Waals surface area contributed by atoms with E-state index in [1.807, 2.05) is 24.3 Å². The highest BCUT2D eigenvalue weighted by molar-refractivity contribution is 7.80. The molecule has 0 saturated carbocycles. The third-order valence-corrected chi connectivity index (χ3v) is 2.38. The first-order valence-corrected chi connectivity index (χ1v) is 5.64. The van der Waals surface area contributed by atoms with Gasteiger partial charge in [-0.2, -0.15) is 12.6 Å². The molecule has 0 fully saturated rings. The lowest BCUT2D eigenvalue weighted by atomic mass is 10.0. The highest BCUT2D eigenvalue weighted by Gasteiger charge is 2.03. The van der Waals surface area contributed by atoms with Gasteiger partial charge in [0.15, 0.2) is 5.78 Å². The van der Waals surface area contributed by atoms with E-state index in [1.165, 1.54) is 5.56 Å². The largest absolute Gasteiger partial charge is 0.294 e. The summed E-state index contributed by atoms with van der Waals surface area (Å²) in [4.78, 5) is 11.5. The molecule has 0 amide bonds. The lowest BCUT2D eigenvalue weighted by Gasteiger charge is -2.01. The smallest absolute Gasteiger partial charge is 0.163 e. The molecule has 14 heavy (non-hydrogen) atoms. The normalized spacial score (nSPS) is 10.1. The Morgan fingerprint density at radius 1 is 1.29 bits per heavy atom. The molecule has 1 nitrogen and oxygen atoms in total. The zero-order chi connectivity index (χ0) is 10.4. The van der Waals surface area contributed by atoms with Gasteiger partial charge in [0.25, 0.3) is 0 Å². The summed E-state index contributed by atoms with van der Waals surface area (Å²) < 4.78 is 0. The zero-order valence-corrected chi connectivity index (χ0v) is 9.39. The lowest BCUT2D eigenvalue weighted by molar-refractivity contribution is 0.0989. The zero-order valence-electron chi connectivity index (χ0n) is 8.49. The number of rotatable bonds is 5. The van der Waals surface area contributed by atoms with E-state index >= 15 is 0 Å². The molecule has 0 unspecified atom stereocenters. The fourth-order valence-corrected chi connectivity index (χ4v) is 1.59. The van der Waals surface area contributed by atoms with Crippen LogP contribution in [0.1, 0.15) is 35.7 Å². The van der Waals surface area contributed by atoms with Crippen LogP contribution in [-0.2, 0) is 6.42 Å². The van der Waals surface area contributed by atoms with Gasteiger partial charge in [0.1, 0.15) is 0 Å². The van der Waals surface area contributed by atoms with Gasteiger partial charge < -0.3 is 0 Å². The minimum Gasteiger partial charge on any atom is -0.294 e. The minimum atomic E-state index is 0.183. The predicted molar refractivity (Wildman–Crippen MR) is 63.2 cm³/mol. The molecule has 0 saturated heterocycles. The quantitative estimate of drug-likeness (QED) is 0.581. The number of hydrogen-bond donors (Lipinski definition) is 1. The summed E-state index contributed by atoms with van der Waals surface area (Å²) in [6.07, 6.45) is 2.75. The van der Waals surface area contributed by atoms with Gasteiger partial charge in [0, 0.05) is 12.0 Å². The second kappa shape index (κ2) is 5.86. The van der Waals surface area contributed by atoms with Crippen LogP contribution in [0, 0.1) is 0 Å². The summed E-state index contributed by atoms with van der Waals surface area (Å²) in [7, 11) is 0. The highest BCUT2D eigenvalue weighted by atomic mass is 32.1. The molecule has 0 spiro atoms. The second-order valence-corrected chi connectivity index (χ2v) is 3.79. The third kappa shape index (κ3) is 3.18. The molecule has 0 heterocycles. The van der Waals surface area contributed by atoms with Crippen LogP contribution >= 0.6 is 12.6 Å². The number of aryl methyl sites for hydroxylation is 1. The topological polar surface area (TPSA) is 17.1 Å². The standard InChI is InChI=1S/C12H16OS/c1-2-3-10-4-6-11(7-5-10)12(13)8-9-14/h4-7,14H,2-3,8-9H2,1H3. The molecule has 0 bridgehead atoms. The number of benzene rings is 1. The number of carbonyl (C=O) groups excluding carboxylic acids is 1. The van der Waals surface area contributed by atoms with E-state index in [-0.39, 0.29) is 5.78 Å². The summed E-state index contributed by atoms with van der Waals surface area (Å²) in [6.45, 7) is 2.15. The van der Waals surface area contributed by atoms with Gasteiger partial charge >= 0.3 is 0 Å². The van der Waals surface area contributed by atoms with Crippen molar-refractivity contribution in [2.24, 2.45) is 0 Å². The van der Waals surface area contributed by atoms with E-state index in [9.17, 15) is 4.79 Å². The van der Waals surface area contributed by atoms with E-state index < -0.39 is 0 Å². The van der Waals surface area contributed by atoms with Crippen molar-refractivity contribution in [1.29, 1.82) is 0 Å². The molecule has 2 heteroatoms. The molecular weight excluding hydrogens is 192 g/mol. The number of carbonyl (C=O) groups is 1. The monoisotopic (exact) mass is 208 g/mol. The van der Waals surface area contributed by atoms with Crippen LogP contribution in [0.15, 0.2) is 24.3 Å². The van der Waals surface area contributed by atoms with E-state index in [2.05, 4.69) is 19.6 Å². The summed E-state index contributed by atoms with van der Waals surface area (Å²) in [5.41, 5.74) is 2.11. The maximum absolute atomic E-state index is 11.5. The summed E-state index contributed by atoms with van der Waals surface area (Å²) in [5, 5.41) is 0. The summed E-state index contributed by atoms with van der Waals surface area (Å²) in [5.74, 6) is 0.804. The Hall–Kier alpha value is -0.760. The van der Waals surface area contributed by atoms with Gasteiger partial charge in [-0.15, -0.1) is 0 Å². The average molecular weight is 208 g/mol. The summed E-state index contributed by atoms with van der Waals surface area (Å²) >= 11 is 4.04. The molecule has 1 rings (SSSR count). The molecule has 1 aromatic rings. The molecule has 0 aromatic heterocycles. The fourth-order valence-electron chi connectivity index (χ4n) is 1.39. The molecule has 76 valence electrons. The third-order valence-electron chi connectivity index (χ3n) is 2.15. The highest BCUT2D eigenvalue weighted by Crippen LogP contribution is 2.08. The van der Waals surface area contributed by atoms with Crippen LogP contribution in [0.5, 0.6) is 0 Å². The van der Waals surface area contributed by atoms with Crippen LogP contribution in [0.2, 0.25) is 0 Å². The number of hydrogen-bond acceptors (Lipinski definition) is 2. The Kier molecular flexibility index (Phi) is 4.74. The van der Waals surface area contributed by atoms with Crippen LogP contribution in [0.25, 0.3) is 0 Å². The van der Waals surface area contributed by atoms with E-state index in [1.54, 1.807) is 0 Å². The second-order valence-electron chi connectivity index (χ2n) is 3.34. The maximum atomic E-state index is 11.5. The Bertz CT molecular complexity index is 290. The Labute approximate surface area is 90.9 Å². The van der Waals surface area contributed by atoms with Crippen LogP contribution < -0.4 is 0 Å². The van der Waals surface area contributed by atoms with Crippen LogP contribution in [0.4, 0.5) is 0 Å². The van der Waals surface area contributed by atoms with Crippen molar-refractivity contribution in [2.45, 2.75) is 26.2 Å². The van der Waals surface area contributed by atoms with Crippen molar-refractivity contribution in [2.75, 3.05) is 5.75 Å². The molecule has 0 aliphatic rings. The fraction of sp³-hybridized carbons (Fsp3) is 0.417. The molecule has 0 N–H and O–H groups in total. The van der Waals surface area contributed by atoms with Crippen LogP contribution in [0.3, 0.4) is 0 Å². The van der Waals surface area contributed by atoms with Gasteiger partial charge in [-0.05, 0) is 17.7 Å². The van der Waals surface area contributed by atoms with E-state index in [0.717, 1.165) is 18.4 Å². The number of ketones is 1. The van der Waals surface area contributed by atoms with Gasteiger partial charge in [0.2, 0.25) is 0 Å². The minimum absolute atomic E-state index is 0.183. The van der Waals surface area contributed by atoms with Crippen molar-refractivity contribution in [3.8, 4) is 0 Å². The molecule has 0 radical (unpaired) electrons. The molecule has 0 atom stereocenters. The predicted octanol–water partition coefficient (Wildman–Crippen LogP) is 3.14. The maximum Gasteiger partial charge on any atom is 0.163 e. The number of thiol groups is 1. The first-order valence-electron chi connectivity index (χ1n) is 5.01. The molecule has 0 aliphatic carbocycles. The van der Waals surface area contributed by atoms with Gasteiger partial charge in [-0.3, -0.25) is 4.79 Å².